The van der Waals surface area contributed by atoms with Crippen molar-refractivity contribution in [3.63, 3.8) is 0 Å². The minimum atomic E-state index is -4.50. The number of rotatable bonds is 2. The van der Waals surface area contributed by atoms with Crippen molar-refractivity contribution in [2.75, 3.05) is 6.86 Å². The van der Waals surface area contributed by atoms with E-state index in [-0.39, 0.29) is 9.32 Å². The largest absolute Gasteiger partial charge is 0.461 e. The Balaban J connectivity index is 3.02. The third kappa shape index (κ3) is 2.69. The van der Waals surface area contributed by atoms with Crippen molar-refractivity contribution in [1.82, 2.24) is 4.98 Å². The van der Waals surface area contributed by atoms with Gasteiger partial charge in [-0.3, -0.25) is 0 Å². The molecule has 1 heterocycles. The average molecular weight is 321 g/mol. The molecule has 0 aromatic carbocycles. The topological polar surface area (TPSA) is 22.1 Å². The normalized spacial score (nSPS) is 11.5. The molecule has 0 saturated heterocycles. The van der Waals surface area contributed by atoms with Crippen LogP contribution in [-0.2, 0) is 6.18 Å². The summed E-state index contributed by atoms with van der Waals surface area (Å²) in [5.74, 6) is -0.0232. The van der Waals surface area contributed by atoms with Crippen LogP contribution >= 0.6 is 22.6 Å². The van der Waals surface area contributed by atoms with Gasteiger partial charge in [-0.1, -0.05) is 0 Å². The van der Waals surface area contributed by atoms with Crippen LogP contribution in [0.3, 0.4) is 0 Å². The Morgan fingerprint density at radius 1 is 1.43 bits per heavy atom. The highest BCUT2D eigenvalue weighted by Crippen LogP contribution is 2.32. The zero-order valence-electron chi connectivity index (χ0n) is 6.61. The van der Waals surface area contributed by atoms with E-state index >= 15 is 0 Å². The zero-order chi connectivity index (χ0) is 10.8. The van der Waals surface area contributed by atoms with E-state index in [1.165, 1.54) is 22.6 Å². The summed E-state index contributed by atoms with van der Waals surface area (Å²) < 4.78 is 52.5. The van der Waals surface area contributed by atoms with Crippen LogP contribution in [0.5, 0.6) is 5.75 Å². The van der Waals surface area contributed by atoms with Crippen LogP contribution in [0.1, 0.15) is 5.69 Å². The average Bonchev–Trinajstić information content (AvgIpc) is 2.02. The molecule has 0 N–H and O–H groups in total. The lowest BCUT2D eigenvalue weighted by Crippen LogP contribution is -2.10. The lowest BCUT2D eigenvalue weighted by molar-refractivity contribution is -0.141. The quantitative estimate of drug-likeness (QED) is 0.617. The molecule has 0 unspecified atom stereocenters. The number of alkyl halides is 4. The SMILES string of the molecule is FCOc1cnc(C(F)(F)F)c(I)c1. The van der Waals surface area contributed by atoms with Crippen molar-refractivity contribution in [2.24, 2.45) is 0 Å². The maximum Gasteiger partial charge on any atom is 0.434 e. The fourth-order valence-corrected chi connectivity index (χ4v) is 1.52. The Morgan fingerprint density at radius 3 is 2.50 bits per heavy atom. The van der Waals surface area contributed by atoms with Gasteiger partial charge in [0.1, 0.15) is 5.75 Å². The Hall–Kier alpha value is -0.600. The van der Waals surface area contributed by atoms with E-state index in [1.807, 2.05) is 0 Å². The fourth-order valence-electron chi connectivity index (χ4n) is 0.771. The molecule has 0 aliphatic heterocycles. The summed E-state index contributed by atoms with van der Waals surface area (Å²) in [6.07, 6.45) is -3.66. The van der Waals surface area contributed by atoms with Crippen molar-refractivity contribution in [2.45, 2.75) is 6.18 Å². The standard InChI is InChI=1S/C7H4F4INO/c8-3-14-4-1-5(12)6(13-2-4)7(9,10)11/h1-2H,3H2. The molecule has 0 aliphatic carbocycles. The maximum absolute atomic E-state index is 12.2. The highest BCUT2D eigenvalue weighted by molar-refractivity contribution is 14.1. The van der Waals surface area contributed by atoms with Gasteiger partial charge in [0.05, 0.1) is 6.20 Å². The van der Waals surface area contributed by atoms with Crippen molar-refractivity contribution in [3.05, 3.63) is 21.5 Å². The van der Waals surface area contributed by atoms with Crippen LogP contribution in [-0.4, -0.2) is 11.8 Å². The molecule has 1 rings (SSSR count). The molecule has 0 bridgehead atoms. The Morgan fingerprint density at radius 2 is 2.07 bits per heavy atom. The molecule has 7 heteroatoms. The maximum atomic E-state index is 12.2. The van der Waals surface area contributed by atoms with Gasteiger partial charge in [0.15, 0.2) is 5.69 Å². The molecule has 78 valence electrons. The summed E-state index contributed by atoms with van der Waals surface area (Å²) in [6.45, 7) is -1.09. The van der Waals surface area contributed by atoms with Crippen molar-refractivity contribution in [1.29, 1.82) is 0 Å². The van der Waals surface area contributed by atoms with Crippen LogP contribution in [0.2, 0.25) is 0 Å². The van der Waals surface area contributed by atoms with Crippen LogP contribution in [0.4, 0.5) is 17.6 Å². The molecule has 0 fully saturated rings. The number of aromatic nitrogens is 1. The van der Waals surface area contributed by atoms with E-state index in [0.717, 1.165) is 12.3 Å². The Bertz CT molecular complexity index is 328. The summed E-state index contributed by atoms with van der Waals surface area (Å²) >= 11 is 1.47. The lowest BCUT2D eigenvalue weighted by atomic mass is 10.3. The number of halogens is 5. The summed E-state index contributed by atoms with van der Waals surface area (Å²) in [7, 11) is 0. The van der Waals surface area contributed by atoms with Gasteiger partial charge in [-0.15, -0.1) is 0 Å². The van der Waals surface area contributed by atoms with E-state index < -0.39 is 18.7 Å². The number of ether oxygens (including phenoxy) is 1. The third-order valence-electron chi connectivity index (χ3n) is 1.31. The van der Waals surface area contributed by atoms with Gasteiger partial charge in [-0.05, 0) is 28.7 Å². The van der Waals surface area contributed by atoms with Crippen molar-refractivity contribution < 1.29 is 22.3 Å². The smallest absolute Gasteiger partial charge is 0.434 e. The van der Waals surface area contributed by atoms with E-state index in [9.17, 15) is 17.6 Å². The highest BCUT2D eigenvalue weighted by atomic mass is 127. The molecule has 0 aliphatic rings. The monoisotopic (exact) mass is 321 g/mol. The highest BCUT2D eigenvalue weighted by Gasteiger charge is 2.34. The van der Waals surface area contributed by atoms with Crippen molar-refractivity contribution in [3.8, 4) is 5.75 Å². The van der Waals surface area contributed by atoms with Gasteiger partial charge in [0.2, 0.25) is 6.86 Å². The summed E-state index contributed by atoms with van der Waals surface area (Å²) in [4.78, 5) is 3.14. The second kappa shape index (κ2) is 4.28. The van der Waals surface area contributed by atoms with E-state index in [0.29, 0.717) is 0 Å². The minimum Gasteiger partial charge on any atom is -0.461 e. The first-order valence-corrected chi connectivity index (χ1v) is 4.44. The Kier molecular flexibility index (Phi) is 3.51. The van der Waals surface area contributed by atoms with E-state index in [4.69, 9.17) is 0 Å². The van der Waals surface area contributed by atoms with Crippen LogP contribution < -0.4 is 4.74 Å². The van der Waals surface area contributed by atoms with E-state index in [2.05, 4.69) is 9.72 Å². The van der Waals surface area contributed by atoms with Crippen LogP contribution in [0, 0.1) is 3.57 Å². The zero-order valence-corrected chi connectivity index (χ0v) is 8.76. The number of hydrogen-bond acceptors (Lipinski definition) is 2. The summed E-state index contributed by atoms with van der Waals surface area (Å²) in [6, 6.07) is 1.08. The number of nitrogens with zero attached hydrogens (tertiary/aromatic N) is 1. The van der Waals surface area contributed by atoms with Crippen LogP contribution in [0.25, 0.3) is 0 Å². The fraction of sp³-hybridized carbons (Fsp3) is 0.286. The van der Waals surface area contributed by atoms with Gasteiger partial charge < -0.3 is 4.74 Å². The molecule has 0 atom stereocenters. The van der Waals surface area contributed by atoms with E-state index in [1.54, 1.807) is 0 Å². The minimum absolute atomic E-state index is 0.0232. The number of pyridine rings is 1. The first-order valence-electron chi connectivity index (χ1n) is 3.36. The molecule has 1 aromatic heterocycles. The lowest BCUT2D eigenvalue weighted by Gasteiger charge is -2.08. The van der Waals surface area contributed by atoms with Gasteiger partial charge in [0, 0.05) is 3.57 Å². The summed E-state index contributed by atoms with van der Waals surface area (Å²) in [5, 5.41) is 0. The first kappa shape index (κ1) is 11.5. The second-order valence-corrected chi connectivity index (χ2v) is 3.41. The molecule has 14 heavy (non-hydrogen) atoms. The molecule has 0 saturated carbocycles. The van der Waals surface area contributed by atoms with Gasteiger partial charge in [0.25, 0.3) is 0 Å². The number of hydrogen-bond donors (Lipinski definition) is 0. The molecule has 1 aromatic rings. The second-order valence-electron chi connectivity index (χ2n) is 2.25. The van der Waals surface area contributed by atoms with Crippen molar-refractivity contribution >= 4 is 22.6 Å². The summed E-state index contributed by atoms with van der Waals surface area (Å²) in [5.41, 5.74) is -0.996. The first-order chi connectivity index (χ1) is 6.45. The Labute approximate surface area is 90.4 Å². The molecular weight excluding hydrogens is 317 g/mol. The molecule has 0 spiro atoms. The third-order valence-corrected chi connectivity index (χ3v) is 2.13. The van der Waals surface area contributed by atoms with Gasteiger partial charge >= 0.3 is 6.18 Å². The predicted molar refractivity (Wildman–Crippen MR) is 48.6 cm³/mol. The molecular formula is C7H4F4INO. The predicted octanol–water partition coefficient (Wildman–Crippen LogP) is 3.01. The molecule has 2 nitrogen and oxygen atoms in total. The van der Waals surface area contributed by atoms with Gasteiger partial charge in [-0.25, -0.2) is 9.37 Å². The van der Waals surface area contributed by atoms with Gasteiger partial charge in [-0.2, -0.15) is 13.2 Å². The molecule has 0 amide bonds. The van der Waals surface area contributed by atoms with Crippen LogP contribution in [0.15, 0.2) is 12.3 Å². The molecule has 0 radical (unpaired) electrons.